The van der Waals surface area contributed by atoms with Crippen LogP contribution in [0.1, 0.15) is 53.4 Å². The Morgan fingerprint density at radius 1 is 1.18 bits per heavy atom. The molecule has 6 heteroatoms. The van der Waals surface area contributed by atoms with Crippen molar-refractivity contribution < 1.29 is 23.9 Å². The Labute approximate surface area is 131 Å². The maximum absolute atomic E-state index is 12.6. The van der Waals surface area contributed by atoms with Crippen molar-refractivity contribution in [1.29, 1.82) is 0 Å². The van der Waals surface area contributed by atoms with E-state index in [0.29, 0.717) is 19.3 Å². The Bertz CT molecular complexity index is 483. The molecule has 0 amide bonds. The Morgan fingerprint density at radius 3 is 2.27 bits per heavy atom. The van der Waals surface area contributed by atoms with Gasteiger partial charge < -0.3 is 14.3 Å². The van der Waals surface area contributed by atoms with E-state index in [9.17, 15) is 9.59 Å². The average Bonchev–Trinajstić information content (AvgIpc) is 3.20. The predicted octanol–water partition coefficient (Wildman–Crippen LogP) is 2.45. The van der Waals surface area contributed by atoms with Crippen molar-refractivity contribution in [3.63, 3.8) is 0 Å². The summed E-state index contributed by atoms with van der Waals surface area (Å²) in [6.45, 7) is 8.09. The van der Waals surface area contributed by atoms with E-state index in [4.69, 9.17) is 14.3 Å². The second-order valence-electron chi connectivity index (χ2n) is 6.01. The lowest BCUT2D eigenvalue weighted by Gasteiger charge is -2.31. The number of oxime groups is 1. The Hall–Kier alpha value is -1.59. The first-order valence-electron chi connectivity index (χ1n) is 8.06. The molecule has 0 spiro atoms. The molecule has 2 aliphatic rings. The fourth-order valence-electron chi connectivity index (χ4n) is 2.93. The van der Waals surface area contributed by atoms with Crippen molar-refractivity contribution in [2.24, 2.45) is 16.5 Å². The molecular formula is C16H25NO5. The zero-order valence-corrected chi connectivity index (χ0v) is 13.8. The number of hydrogen-bond donors (Lipinski definition) is 0. The lowest BCUT2D eigenvalue weighted by atomic mass is 9.78. The summed E-state index contributed by atoms with van der Waals surface area (Å²) in [5.74, 6) is -0.694. The number of carbonyl (C=O) groups excluding carboxylic acids is 2. The largest absolute Gasteiger partial charge is 0.465 e. The molecule has 1 heterocycles. The highest BCUT2D eigenvalue weighted by molar-refractivity contribution is 6.00. The molecule has 0 bridgehead atoms. The monoisotopic (exact) mass is 311 g/mol. The molecular weight excluding hydrogens is 286 g/mol. The molecule has 124 valence electrons. The summed E-state index contributed by atoms with van der Waals surface area (Å²) in [4.78, 5) is 30.6. The number of rotatable bonds is 7. The minimum absolute atomic E-state index is 0.203. The highest BCUT2D eigenvalue weighted by Gasteiger charge is 2.74. The normalized spacial score (nSPS) is 26.6. The molecule has 1 fully saturated rings. The topological polar surface area (TPSA) is 74.2 Å². The molecule has 0 N–H and O–H groups in total. The van der Waals surface area contributed by atoms with Gasteiger partial charge in [-0.2, -0.15) is 0 Å². The molecule has 0 aromatic heterocycles. The number of ether oxygens (including phenoxy) is 2. The SMILES string of the molecule is CCOC(=O)C1(C2(C(=O)OCC)CC(C(C)CC)=NO2)CC1. The summed E-state index contributed by atoms with van der Waals surface area (Å²) < 4.78 is 10.4. The molecule has 2 rings (SSSR count). The molecule has 0 aromatic carbocycles. The third kappa shape index (κ3) is 2.48. The van der Waals surface area contributed by atoms with Gasteiger partial charge in [-0.25, -0.2) is 4.79 Å². The number of carbonyl (C=O) groups is 2. The van der Waals surface area contributed by atoms with Crippen LogP contribution in [0.3, 0.4) is 0 Å². The first-order valence-corrected chi connectivity index (χ1v) is 8.06. The zero-order chi connectivity index (χ0) is 16.4. The van der Waals surface area contributed by atoms with E-state index in [1.54, 1.807) is 13.8 Å². The number of nitrogens with zero attached hydrogens (tertiary/aromatic N) is 1. The van der Waals surface area contributed by atoms with E-state index in [1.807, 2.05) is 6.92 Å². The van der Waals surface area contributed by atoms with Gasteiger partial charge in [0.2, 0.25) is 0 Å². The lowest BCUT2D eigenvalue weighted by molar-refractivity contribution is -0.189. The second kappa shape index (κ2) is 6.26. The minimum atomic E-state index is -1.35. The molecule has 6 nitrogen and oxygen atoms in total. The summed E-state index contributed by atoms with van der Waals surface area (Å²) >= 11 is 0. The van der Waals surface area contributed by atoms with E-state index < -0.39 is 17.0 Å². The predicted molar refractivity (Wildman–Crippen MR) is 80.3 cm³/mol. The van der Waals surface area contributed by atoms with Gasteiger partial charge in [0.05, 0.1) is 18.9 Å². The third-order valence-electron chi connectivity index (χ3n) is 4.72. The van der Waals surface area contributed by atoms with Crippen molar-refractivity contribution in [2.45, 2.75) is 59.0 Å². The summed E-state index contributed by atoms with van der Waals surface area (Å²) in [6, 6.07) is 0. The first kappa shape index (κ1) is 16.8. The Balaban J connectivity index is 2.30. The van der Waals surface area contributed by atoms with Crippen molar-refractivity contribution in [2.75, 3.05) is 13.2 Å². The van der Waals surface area contributed by atoms with Crippen LogP contribution >= 0.6 is 0 Å². The maximum Gasteiger partial charge on any atom is 0.355 e. The van der Waals surface area contributed by atoms with Gasteiger partial charge in [-0.3, -0.25) is 4.79 Å². The van der Waals surface area contributed by atoms with E-state index in [-0.39, 0.29) is 25.1 Å². The quantitative estimate of drug-likeness (QED) is 0.675. The van der Waals surface area contributed by atoms with Gasteiger partial charge in [0.15, 0.2) is 0 Å². The molecule has 1 saturated carbocycles. The molecule has 2 unspecified atom stereocenters. The highest BCUT2D eigenvalue weighted by Crippen LogP contribution is 2.60. The fourth-order valence-corrected chi connectivity index (χ4v) is 2.93. The van der Waals surface area contributed by atoms with E-state index in [1.165, 1.54) is 0 Å². The maximum atomic E-state index is 12.6. The van der Waals surface area contributed by atoms with Crippen LogP contribution in [0.15, 0.2) is 5.16 Å². The highest BCUT2D eigenvalue weighted by atomic mass is 16.7. The van der Waals surface area contributed by atoms with Crippen molar-refractivity contribution in [1.82, 2.24) is 0 Å². The van der Waals surface area contributed by atoms with Gasteiger partial charge in [0.25, 0.3) is 5.60 Å². The third-order valence-corrected chi connectivity index (χ3v) is 4.72. The van der Waals surface area contributed by atoms with E-state index in [0.717, 1.165) is 12.1 Å². The van der Waals surface area contributed by atoms with Crippen LogP contribution in [0.25, 0.3) is 0 Å². The molecule has 22 heavy (non-hydrogen) atoms. The lowest BCUT2D eigenvalue weighted by Crippen LogP contribution is -2.53. The summed E-state index contributed by atoms with van der Waals surface area (Å²) in [7, 11) is 0. The van der Waals surface area contributed by atoms with Crippen LogP contribution in [0.2, 0.25) is 0 Å². The Kier molecular flexibility index (Phi) is 4.78. The fraction of sp³-hybridized carbons (Fsp3) is 0.812. The molecule has 1 aliphatic carbocycles. The van der Waals surface area contributed by atoms with Gasteiger partial charge in [0, 0.05) is 6.42 Å². The van der Waals surface area contributed by atoms with E-state index >= 15 is 0 Å². The van der Waals surface area contributed by atoms with Gasteiger partial charge in [-0.1, -0.05) is 19.0 Å². The Morgan fingerprint density at radius 2 is 1.77 bits per heavy atom. The molecule has 2 atom stereocenters. The summed E-state index contributed by atoms with van der Waals surface area (Å²) in [5, 5.41) is 4.12. The molecule has 0 radical (unpaired) electrons. The van der Waals surface area contributed by atoms with Gasteiger partial charge >= 0.3 is 11.9 Å². The van der Waals surface area contributed by atoms with Crippen LogP contribution in [0.5, 0.6) is 0 Å². The minimum Gasteiger partial charge on any atom is -0.465 e. The summed E-state index contributed by atoms with van der Waals surface area (Å²) in [6.07, 6.45) is 2.33. The summed E-state index contributed by atoms with van der Waals surface area (Å²) in [5.41, 5.74) is -1.49. The smallest absolute Gasteiger partial charge is 0.355 e. The van der Waals surface area contributed by atoms with Crippen LogP contribution < -0.4 is 0 Å². The zero-order valence-electron chi connectivity index (χ0n) is 13.8. The van der Waals surface area contributed by atoms with Crippen molar-refractivity contribution in [3.05, 3.63) is 0 Å². The average molecular weight is 311 g/mol. The van der Waals surface area contributed by atoms with Crippen LogP contribution in [-0.2, 0) is 23.9 Å². The van der Waals surface area contributed by atoms with Gasteiger partial charge in [-0.15, -0.1) is 0 Å². The van der Waals surface area contributed by atoms with Crippen molar-refractivity contribution in [3.8, 4) is 0 Å². The van der Waals surface area contributed by atoms with Gasteiger partial charge in [0.1, 0.15) is 5.41 Å². The molecule has 1 aliphatic heterocycles. The van der Waals surface area contributed by atoms with Crippen LogP contribution in [0, 0.1) is 11.3 Å². The van der Waals surface area contributed by atoms with E-state index in [2.05, 4.69) is 12.1 Å². The second-order valence-corrected chi connectivity index (χ2v) is 6.01. The standard InChI is InChI=1S/C16H25NO5/c1-5-11(4)12-10-16(22-17-12,14(19)21-7-3)15(8-9-15)13(18)20-6-2/h11H,5-10H2,1-4H3. The first-order chi connectivity index (χ1) is 10.5. The van der Waals surface area contributed by atoms with Crippen LogP contribution in [0.4, 0.5) is 0 Å². The van der Waals surface area contributed by atoms with Gasteiger partial charge in [-0.05, 0) is 39.0 Å². The van der Waals surface area contributed by atoms with Crippen molar-refractivity contribution >= 4 is 17.7 Å². The number of esters is 2. The van der Waals surface area contributed by atoms with Crippen LogP contribution in [-0.4, -0.2) is 36.5 Å². The molecule has 0 saturated heterocycles. The number of hydrogen-bond acceptors (Lipinski definition) is 6. The molecule has 0 aromatic rings.